The van der Waals surface area contributed by atoms with E-state index >= 15 is 0 Å². The highest BCUT2D eigenvalue weighted by molar-refractivity contribution is 6.22. The van der Waals surface area contributed by atoms with Crippen LogP contribution >= 0.6 is 0 Å². The Hall–Kier alpha value is -7.62. The summed E-state index contributed by atoms with van der Waals surface area (Å²) in [6.45, 7) is 0. The largest absolute Gasteiger partial charge is 0.416 e. The van der Waals surface area contributed by atoms with Crippen LogP contribution in [-0.2, 0) is 12.4 Å². The van der Waals surface area contributed by atoms with Crippen molar-refractivity contribution in [3.8, 4) is 63.1 Å². The van der Waals surface area contributed by atoms with E-state index in [1.807, 2.05) is 12.1 Å². The van der Waals surface area contributed by atoms with Crippen molar-refractivity contribution in [2.75, 3.05) is 0 Å². The van der Waals surface area contributed by atoms with Gasteiger partial charge in [0.2, 0.25) is 0 Å². The molecule has 0 saturated heterocycles. The molecule has 2 aromatic heterocycles. The van der Waals surface area contributed by atoms with Gasteiger partial charge in [0.1, 0.15) is 11.6 Å². The van der Waals surface area contributed by atoms with Crippen molar-refractivity contribution in [2.45, 2.75) is 12.4 Å². The number of hydrogen-bond donors (Lipinski definition) is 0. The van der Waals surface area contributed by atoms with E-state index in [9.17, 15) is 42.1 Å². The molecule has 0 spiro atoms. The molecule has 0 saturated carbocycles. The topological polar surface area (TPSA) is 110 Å². The Bertz CT molecular complexity index is 2970. The maximum atomic E-state index is 13.6. The molecule has 0 aliphatic rings. The minimum absolute atomic E-state index is 0.0864. The monoisotopic (exact) mass is 746 g/mol. The fourth-order valence-corrected chi connectivity index (χ4v) is 6.69. The van der Waals surface area contributed by atoms with Crippen LogP contribution in [0.25, 0.3) is 77.6 Å². The maximum Gasteiger partial charge on any atom is 0.416 e. The highest BCUT2D eigenvalue weighted by Gasteiger charge is 2.37. The van der Waals surface area contributed by atoms with E-state index in [4.69, 9.17) is 15.0 Å². The lowest BCUT2D eigenvalue weighted by Gasteiger charge is -2.16. The second-order valence-electron chi connectivity index (χ2n) is 12.8. The number of rotatable bonds is 4. The van der Waals surface area contributed by atoms with Gasteiger partial charge in [0.25, 0.3) is 0 Å². The molecule has 6 nitrogen and oxygen atoms in total. The van der Waals surface area contributed by atoms with Crippen LogP contribution in [0.2, 0.25) is 0 Å². The van der Waals surface area contributed by atoms with Crippen LogP contribution < -0.4 is 0 Å². The second-order valence-corrected chi connectivity index (χ2v) is 12.8. The van der Waals surface area contributed by atoms with Gasteiger partial charge in [-0.05, 0) is 65.7 Å². The quantitative estimate of drug-likeness (QED) is 0.131. The standard InChI is InChI=1S/C44H20F6N6/c45-43(46,47)32-17-30(18-33(20-32)44(48,49)50)26-13-15-27(16-14-26)38-35-19-31(23-53)41-42(37(35)34-3-1-2-4-36(34)54-38)56-40(29-11-7-25(22-52)8-12-29)39(55-41)28-9-5-24(21-51)6-10-28/h1-20H. The van der Waals surface area contributed by atoms with Crippen molar-refractivity contribution in [3.63, 3.8) is 0 Å². The summed E-state index contributed by atoms with van der Waals surface area (Å²) in [7, 11) is 0. The number of benzene rings is 6. The fourth-order valence-electron chi connectivity index (χ4n) is 6.69. The number of pyridine rings is 1. The summed E-state index contributed by atoms with van der Waals surface area (Å²) in [5.41, 5.74) is 2.25. The highest BCUT2D eigenvalue weighted by Crippen LogP contribution is 2.42. The molecular formula is C44H20F6N6. The van der Waals surface area contributed by atoms with Crippen LogP contribution in [0.1, 0.15) is 27.8 Å². The Labute approximate surface area is 313 Å². The number of fused-ring (bicyclic) bond motifs is 5. The van der Waals surface area contributed by atoms with E-state index in [2.05, 4.69) is 18.2 Å². The number of alkyl halides is 6. The van der Waals surface area contributed by atoms with Crippen LogP contribution in [0.4, 0.5) is 26.3 Å². The van der Waals surface area contributed by atoms with Gasteiger partial charge in [-0.2, -0.15) is 42.1 Å². The van der Waals surface area contributed by atoms with Gasteiger partial charge < -0.3 is 0 Å². The molecular weight excluding hydrogens is 727 g/mol. The Morgan fingerprint density at radius 1 is 0.429 bits per heavy atom. The average molecular weight is 747 g/mol. The zero-order valence-electron chi connectivity index (χ0n) is 28.5. The van der Waals surface area contributed by atoms with Gasteiger partial charge in [0.05, 0.1) is 68.1 Å². The van der Waals surface area contributed by atoms with Gasteiger partial charge in [-0.1, -0.05) is 66.7 Å². The predicted molar refractivity (Wildman–Crippen MR) is 198 cm³/mol. The van der Waals surface area contributed by atoms with Gasteiger partial charge in [0.15, 0.2) is 0 Å². The van der Waals surface area contributed by atoms with Gasteiger partial charge in [-0.25, -0.2) is 15.0 Å². The van der Waals surface area contributed by atoms with E-state index in [1.165, 1.54) is 12.1 Å². The van der Waals surface area contributed by atoms with Crippen LogP contribution in [0.15, 0.2) is 121 Å². The molecule has 12 heteroatoms. The molecule has 0 atom stereocenters. The number of aromatic nitrogens is 3. The number of nitriles is 3. The first-order valence-corrected chi connectivity index (χ1v) is 16.7. The van der Waals surface area contributed by atoms with Crippen LogP contribution in [0, 0.1) is 34.0 Å². The molecule has 56 heavy (non-hydrogen) atoms. The van der Waals surface area contributed by atoms with Crippen molar-refractivity contribution in [2.24, 2.45) is 0 Å². The van der Waals surface area contributed by atoms with Crippen molar-refractivity contribution in [3.05, 3.63) is 149 Å². The van der Waals surface area contributed by atoms with Crippen LogP contribution in [-0.4, -0.2) is 15.0 Å². The summed E-state index contributed by atoms with van der Waals surface area (Å²) < 4.78 is 81.9. The Morgan fingerprint density at radius 2 is 0.911 bits per heavy atom. The molecule has 0 unspecified atom stereocenters. The second kappa shape index (κ2) is 13.3. The number of hydrogen-bond acceptors (Lipinski definition) is 6. The van der Waals surface area contributed by atoms with Crippen molar-refractivity contribution >= 4 is 32.7 Å². The molecule has 8 aromatic rings. The molecule has 268 valence electrons. The van der Waals surface area contributed by atoms with Crippen LogP contribution in [0.5, 0.6) is 0 Å². The lowest BCUT2D eigenvalue weighted by atomic mass is 9.94. The molecule has 0 fully saturated rings. The van der Waals surface area contributed by atoms with Crippen molar-refractivity contribution < 1.29 is 26.3 Å². The predicted octanol–water partition coefficient (Wildman–Crippen LogP) is 11.7. The summed E-state index contributed by atoms with van der Waals surface area (Å²) >= 11 is 0. The summed E-state index contributed by atoms with van der Waals surface area (Å²) in [6, 6.07) is 36.3. The van der Waals surface area contributed by atoms with Crippen LogP contribution in [0.3, 0.4) is 0 Å². The van der Waals surface area contributed by atoms with Gasteiger partial charge in [0, 0.05) is 32.8 Å². The highest BCUT2D eigenvalue weighted by atomic mass is 19.4. The molecule has 0 N–H and O–H groups in total. The summed E-state index contributed by atoms with van der Waals surface area (Å²) in [4.78, 5) is 15.1. The molecule has 8 rings (SSSR count). The molecule has 0 radical (unpaired) electrons. The summed E-state index contributed by atoms with van der Waals surface area (Å²) in [5.74, 6) is 0. The van der Waals surface area contributed by atoms with E-state index < -0.39 is 23.5 Å². The smallest absolute Gasteiger partial charge is 0.247 e. The number of para-hydroxylation sites is 1. The molecule has 0 amide bonds. The molecule has 0 aliphatic carbocycles. The first kappa shape index (κ1) is 35.4. The minimum Gasteiger partial charge on any atom is -0.247 e. The van der Waals surface area contributed by atoms with E-state index in [0.717, 1.165) is 0 Å². The Balaban J connectivity index is 1.39. The zero-order chi connectivity index (χ0) is 39.4. The van der Waals surface area contributed by atoms with E-state index in [1.54, 1.807) is 78.9 Å². The van der Waals surface area contributed by atoms with E-state index in [0.29, 0.717) is 89.7 Å². The Morgan fingerprint density at radius 3 is 1.43 bits per heavy atom. The maximum absolute atomic E-state index is 13.6. The third-order valence-electron chi connectivity index (χ3n) is 9.38. The fraction of sp³-hybridized carbons (Fsp3) is 0.0455. The minimum atomic E-state index is -5.00. The third-order valence-corrected chi connectivity index (χ3v) is 9.38. The van der Waals surface area contributed by atoms with Gasteiger partial charge >= 0.3 is 12.4 Å². The Kier molecular flexibility index (Phi) is 8.44. The molecule has 2 heterocycles. The first-order valence-electron chi connectivity index (χ1n) is 16.7. The normalized spacial score (nSPS) is 11.7. The molecule has 0 aliphatic heterocycles. The summed E-state index contributed by atoms with van der Waals surface area (Å²) in [5, 5.41) is 31.1. The SMILES string of the molecule is N#Cc1ccc(-c2nc3c(C#N)cc4c(-c5ccc(-c6cc(C(F)(F)F)cc(C(F)(F)F)c6)cc5)nc5ccccc5c4c3nc2-c2ccc(C#N)cc2)cc1. The summed E-state index contributed by atoms with van der Waals surface area (Å²) in [6.07, 6.45) is -10.0. The first-order chi connectivity index (χ1) is 26.9. The lowest BCUT2D eigenvalue weighted by Crippen LogP contribution is -2.11. The molecule has 6 aromatic carbocycles. The van der Waals surface area contributed by atoms with Gasteiger partial charge in [-0.3, -0.25) is 0 Å². The van der Waals surface area contributed by atoms with E-state index in [-0.39, 0.29) is 22.8 Å². The average Bonchev–Trinajstić information content (AvgIpc) is 3.21. The number of halogens is 6. The van der Waals surface area contributed by atoms with Gasteiger partial charge in [-0.15, -0.1) is 0 Å². The molecule has 0 bridgehead atoms. The van der Waals surface area contributed by atoms with Crippen molar-refractivity contribution in [1.82, 2.24) is 15.0 Å². The number of nitrogens with zero attached hydrogens (tertiary/aromatic N) is 6. The zero-order valence-corrected chi connectivity index (χ0v) is 28.5. The third kappa shape index (κ3) is 6.27. The lowest BCUT2D eigenvalue weighted by molar-refractivity contribution is -0.143. The van der Waals surface area contributed by atoms with Crippen molar-refractivity contribution in [1.29, 1.82) is 15.8 Å².